The second-order valence-electron chi connectivity index (χ2n) is 4.86. The topological polar surface area (TPSA) is 15.3 Å². The molecule has 2 aromatic rings. The summed E-state index contributed by atoms with van der Waals surface area (Å²) >= 11 is 13.9. The summed E-state index contributed by atoms with van der Waals surface area (Å²) in [5.74, 6) is 0. The minimum absolute atomic E-state index is 0.376. The zero-order valence-electron chi connectivity index (χ0n) is 11.6. The third-order valence-corrected chi connectivity index (χ3v) is 4.72. The standard InChI is InChI=1S/C15H18Cl2N2S/c1-19(2)14(15-4-3-7-20-15)10-18-9-11-5-6-12(16)8-13(11)17/h3-8,14,18H,9-10H2,1-2H3. The fraction of sp³-hybridized carbons (Fsp3) is 0.333. The molecule has 0 radical (unpaired) electrons. The fourth-order valence-electron chi connectivity index (χ4n) is 2.03. The molecule has 0 saturated carbocycles. The Morgan fingerprint density at radius 2 is 2.05 bits per heavy atom. The molecule has 0 aliphatic rings. The predicted octanol–water partition coefficient (Wildman–Crippen LogP) is 4.45. The summed E-state index contributed by atoms with van der Waals surface area (Å²) in [5, 5.41) is 6.96. The van der Waals surface area contributed by atoms with Crippen LogP contribution in [0.5, 0.6) is 0 Å². The van der Waals surface area contributed by atoms with Crippen LogP contribution >= 0.6 is 34.5 Å². The molecule has 1 unspecified atom stereocenters. The van der Waals surface area contributed by atoms with E-state index in [0.29, 0.717) is 16.1 Å². The van der Waals surface area contributed by atoms with Crippen LogP contribution in [0, 0.1) is 0 Å². The number of likely N-dealkylation sites (N-methyl/N-ethyl adjacent to an activating group) is 1. The van der Waals surface area contributed by atoms with E-state index in [1.54, 1.807) is 17.4 Å². The summed E-state index contributed by atoms with van der Waals surface area (Å²) in [5.41, 5.74) is 1.07. The fourth-order valence-corrected chi connectivity index (χ4v) is 3.43. The highest BCUT2D eigenvalue weighted by atomic mass is 35.5. The highest BCUT2D eigenvalue weighted by Crippen LogP contribution is 2.23. The Bertz CT molecular complexity index is 541. The predicted molar refractivity (Wildman–Crippen MR) is 88.9 cm³/mol. The first-order chi connectivity index (χ1) is 9.58. The molecule has 108 valence electrons. The molecule has 1 aromatic carbocycles. The lowest BCUT2D eigenvalue weighted by atomic mass is 10.2. The molecule has 1 atom stereocenters. The van der Waals surface area contributed by atoms with Crippen molar-refractivity contribution in [2.45, 2.75) is 12.6 Å². The lowest BCUT2D eigenvalue weighted by Gasteiger charge is -2.23. The minimum atomic E-state index is 0.376. The average Bonchev–Trinajstić information content (AvgIpc) is 2.90. The van der Waals surface area contributed by atoms with Crippen molar-refractivity contribution in [2.75, 3.05) is 20.6 Å². The molecular formula is C15H18Cl2N2S. The van der Waals surface area contributed by atoms with Crippen LogP contribution in [-0.2, 0) is 6.54 Å². The van der Waals surface area contributed by atoms with Gasteiger partial charge in [0.2, 0.25) is 0 Å². The molecule has 20 heavy (non-hydrogen) atoms. The summed E-state index contributed by atoms with van der Waals surface area (Å²) in [6.07, 6.45) is 0. The SMILES string of the molecule is CN(C)C(CNCc1ccc(Cl)cc1Cl)c1cccs1. The molecule has 0 bridgehead atoms. The number of benzene rings is 1. The Hall–Kier alpha value is -0.580. The molecule has 0 aliphatic carbocycles. The van der Waals surface area contributed by atoms with Crippen LogP contribution in [0.1, 0.15) is 16.5 Å². The normalized spacial score (nSPS) is 12.8. The summed E-state index contributed by atoms with van der Waals surface area (Å²) in [4.78, 5) is 3.59. The maximum atomic E-state index is 6.17. The number of hydrogen-bond donors (Lipinski definition) is 1. The van der Waals surface area contributed by atoms with Gasteiger partial charge in [0.05, 0.1) is 6.04 Å². The van der Waals surface area contributed by atoms with Gasteiger partial charge in [0.1, 0.15) is 0 Å². The first kappa shape index (κ1) is 15.8. The van der Waals surface area contributed by atoms with Crippen molar-refractivity contribution in [3.8, 4) is 0 Å². The lowest BCUT2D eigenvalue weighted by Crippen LogP contribution is -2.30. The van der Waals surface area contributed by atoms with Gasteiger partial charge in [-0.25, -0.2) is 0 Å². The van der Waals surface area contributed by atoms with Crippen LogP contribution in [0.15, 0.2) is 35.7 Å². The molecule has 1 aromatic heterocycles. The molecular weight excluding hydrogens is 311 g/mol. The monoisotopic (exact) mass is 328 g/mol. The third kappa shape index (κ3) is 4.21. The molecule has 0 saturated heterocycles. The van der Waals surface area contributed by atoms with E-state index in [1.807, 2.05) is 12.1 Å². The molecule has 2 rings (SSSR count). The van der Waals surface area contributed by atoms with Crippen LogP contribution < -0.4 is 5.32 Å². The van der Waals surface area contributed by atoms with E-state index in [1.165, 1.54) is 4.88 Å². The Morgan fingerprint density at radius 3 is 2.65 bits per heavy atom. The number of nitrogens with zero attached hydrogens (tertiary/aromatic N) is 1. The summed E-state index contributed by atoms with van der Waals surface area (Å²) in [6, 6.07) is 10.3. The van der Waals surface area contributed by atoms with Gasteiger partial charge in [-0.2, -0.15) is 0 Å². The van der Waals surface area contributed by atoms with Crippen molar-refractivity contribution < 1.29 is 0 Å². The zero-order valence-corrected chi connectivity index (χ0v) is 13.9. The first-order valence-electron chi connectivity index (χ1n) is 6.42. The van der Waals surface area contributed by atoms with E-state index in [2.05, 4.69) is 41.8 Å². The Labute approximate surface area is 134 Å². The molecule has 2 nitrogen and oxygen atoms in total. The number of hydrogen-bond acceptors (Lipinski definition) is 3. The Balaban J connectivity index is 1.94. The quantitative estimate of drug-likeness (QED) is 0.842. The van der Waals surface area contributed by atoms with Gasteiger partial charge in [0, 0.05) is 28.0 Å². The van der Waals surface area contributed by atoms with Crippen molar-refractivity contribution in [1.82, 2.24) is 10.2 Å². The average molecular weight is 329 g/mol. The Kier molecular flexibility index (Phi) is 5.87. The van der Waals surface area contributed by atoms with E-state index < -0.39 is 0 Å². The van der Waals surface area contributed by atoms with E-state index in [-0.39, 0.29) is 0 Å². The number of rotatable bonds is 6. The Morgan fingerprint density at radius 1 is 1.25 bits per heavy atom. The van der Waals surface area contributed by atoms with Crippen LogP contribution in [0.4, 0.5) is 0 Å². The van der Waals surface area contributed by atoms with Crippen LogP contribution in [0.25, 0.3) is 0 Å². The number of thiophene rings is 1. The molecule has 1 heterocycles. The summed E-state index contributed by atoms with van der Waals surface area (Å²) < 4.78 is 0. The minimum Gasteiger partial charge on any atom is -0.311 e. The van der Waals surface area contributed by atoms with E-state index in [9.17, 15) is 0 Å². The van der Waals surface area contributed by atoms with E-state index >= 15 is 0 Å². The smallest absolute Gasteiger partial charge is 0.0561 e. The third-order valence-electron chi connectivity index (χ3n) is 3.16. The zero-order chi connectivity index (χ0) is 14.5. The van der Waals surface area contributed by atoms with Gasteiger partial charge in [-0.3, -0.25) is 0 Å². The largest absolute Gasteiger partial charge is 0.311 e. The summed E-state index contributed by atoms with van der Waals surface area (Å²) in [6.45, 7) is 1.62. The second kappa shape index (κ2) is 7.43. The molecule has 0 aliphatic heterocycles. The van der Waals surface area contributed by atoms with Gasteiger partial charge in [-0.05, 0) is 43.2 Å². The lowest BCUT2D eigenvalue weighted by molar-refractivity contribution is 0.292. The molecule has 5 heteroatoms. The van der Waals surface area contributed by atoms with Crippen molar-refractivity contribution in [3.63, 3.8) is 0 Å². The highest BCUT2D eigenvalue weighted by Gasteiger charge is 2.14. The van der Waals surface area contributed by atoms with E-state index in [4.69, 9.17) is 23.2 Å². The number of nitrogens with one attached hydrogen (secondary N) is 1. The maximum Gasteiger partial charge on any atom is 0.0561 e. The van der Waals surface area contributed by atoms with Gasteiger partial charge in [0.15, 0.2) is 0 Å². The van der Waals surface area contributed by atoms with E-state index in [0.717, 1.165) is 18.7 Å². The van der Waals surface area contributed by atoms with Crippen molar-refractivity contribution in [3.05, 3.63) is 56.2 Å². The molecule has 0 amide bonds. The maximum absolute atomic E-state index is 6.17. The highest BCUT2D eigenvalue weighted by molar-refractivity contribution is 7.10. The van der Waals surface area contributed by atoms with Gasteiger partial charge in [0.25, 0.3) is 0 Å². The van der Waals surface area contributed by atoms with Gasteiger partial charge < -0.3 is 10.2 Å². The van der Waals surface area contributed by atoms with Crippen molar-refractivity contribution in [1.29, 1.82) is 0 Å². The van der Waals surface area contributed by atoms with Crippen LogP contribution in [0.3, 0.4) is 0 Å². The summed E-state index contributed by atoms with van der Waals surface area (Å²) in [7, 11) is 4.20. The molecule has 0 spiro atoms. The second-order valence-corrected chi connectivity index (χ2v) is 6.68. The van der Waals surface area contributed by atoms with Gasteiger partial charge in [-0.1, -0.05) is 35.3 Å². The number of halogens is 2. The van der Waals surface area contributed by atoms with Crippen molar-refractivity contribution >= 4 is 34.5 Å². The van der Waals surface area contributed by atoms with Crippen LogP contribution in [0.2, 0.25) is 10.0 Å². The molecule has 0 fully saturated rings. The molecule has 1 N–H and O–H groups in total. The van der Waals surface area contributed by atoms with Gasteiger partial charge >= 0.3 is 0 Å². The van der Waals surface area contributed by atoms with Crippen LogP contribution in [-0.4, -0.2) is 25.5 Å². The van der Waals surface area contributed by atoms with Crippen molar-refractivity contribution in [2.24, 2.45) is 0 Å². The van der Waals surface area contributed by atoms with Gasteiger partial charge in [-0.15, -0.1) is 11.3 Å². The first-order valence-corrected chi connectivity index (χ1v) is 8.06.